The minimum absolute atomic E-state index is 0.308. The van der Waals surface area contributed by atoms with Crippen LogP contribution in [0.2, 0.25) is 0 Å². The van der Waals surface area contributed by atoms with Gasteiger partial charge < -0.3 is 15.2 Å². The Balaban J connectivity index is 1.93. The van der Waals surface area contributed by atoms with Crippen LogP contribution >= 0.6 is 0 Å². The molecule has 0 bridgehead atoms. The Morgan fingerprint density at radius 1 is 1.40 bits per heavy atom. The van der Waals surface area contributed by atoms with E-state index in [4.69, 9.17) is 15.1 Å². The fourth-order valence-corrected chi connectivity index (χ4v) is 2.05. The molecular weight excluding hydrogens is 260 g/mol. The number of carboxylic acids is 1. The molecule has 1 aromatic carbocycles. The quantitative estimate of drug-likeness (QED) is 0.836. The SMILES string of the molecule is N#Cc1ccccc1OCC(=O)NC1(C(=O)O)CCC1. The molecule has 1 aromatic rings. The molecule has 2 N–H and O–H groups in total. The van der Waals surface area contributed by atoms with Crippen molar-refractivity contribution in [2.75, 3.05) is 6.61 Å². The van der Waals surface area contributed by atoms with Gasteiger partial charge in [0.25, 0.3) is 5.91 Å². The Bertz CT molecular complexity index is 573. The normalized spacial score (nSPS) is 15.6. The van der Waals surface area contributed by atoms with Crippen molar-refractivity contribution in [2.24, 2.45) is 0 Å². The van der Waals surface area contributed by atoms with Gasteiger partial charge in [0, 0.05) is 0 Å². The lowest BCUT2D eigenvalue weighted by atomic mass is 9.77. The number of rotatable bonds is 5. The third-order valence-corrected chi connectivity index (χ3v) is 3.36. The van der Waals surface area contributed by atoms with Gasteiger partial charge in [0.05, 0.1) is 5.56 Å². The van der Waals surface area contributed by atoms with Gasteiger partial charge in [-0.2, -0.15) is 5.26 Å². The van der Waals surface area contributed by atoms with E-state index in [0.29, 0.717) is 24.2 Å². The van der Waals surface area contributed by atoms with Crippen LogP contribution < -0.4 is 10.1 Å². The predicted octanol–water partition coefficient (Wildman–Crippen LogP) is 1.06. The van der Waals surface area contributed by atoms with Crippen molar-refractivity contribution in [3.63, 3.8) is 0 Å². The van der Waals surface area contributed by atoms with E-state index in [1.807, 2.05) is 6.07 Å². The van der Waals surface area contributed by atoms with Crippen molar-refractivity contribution in [1.82, 2.24) is 5.32 Å². The second-order valence-electron chi connectivity index (χ2n) is 4.69. The monoisotopic (exact) mass is 274 g/mol. The molecule has 104 valence electrons. The number of nitriles is 1. The molecule has 1 aliphatic rings. The number of para-hydroxylation sites is 1. The van der Waals surface area contributed by atoms with E-state index >= 15 is 0 Å². The molecule has 20 heavy (non-hydrogen) atoms. The molecule has 0 aliphatic heterocycles. The molecule has 0 radical (unpaired) electrons. The summed E-state index contributed by atoms with van der Waals surface area (Å²) in [5, 5.41) is 20.5. The van der Waals surface area contributed by atoms with Crippen molar-refractivity contribution < 1.29 is 19.4 Å². The third kappa shape index (κ3) is 2.72. The third-order valence-electron chi connectivity index (χ3n) is 3.36. The van der Waals surface area contributed by atoms with Crippen molar-refractivity contribution in [1.29, 1.82) is 5.26 Å². The van der Waals surface area contributed by atoms with Crippen molar-refractivity contribution in [3.05, 3.63) is 29.8 Å². The number of carboxylic acid groups (broad SMARTS) is 1. The van der Waals surface area contributed by atoms with Crippen LogP contribution in [0.4, 0.5) is 0 Å². The van der Waals surface area contributed by atoms with Crippen LogP contribution in [0.25, 0.3) is 0 Å². The second kappa shape index (κ2) is 5.61. The molecule has 1 saturated carbocycles. The van der Waals surface area contributed by atoms with Crippen molar-refractivity contribution >= 4 is 11.9 Å². The van der Waals surface area contributed by atoms with E-state index < -0.39 is 17.4 Å². The molecule has 6 heteroatoms. The van der Waals surface area contributed by atoms with Gasteiger partial charge in [-0.3, -0.25) is 4.79 Å². The van der Waals surface area contributed by atoms with Crippen LogP contribution in [-0.2, 0) is 9.59 Å². The number of hydrogen-bond donors (Lipinski definition) is 2. The van der Waals surface area contributed by atoms with E-state index in [-0.39, 0.29) is 6.61 Å². The summed E-state index contributed by atoms with van der Waals surface area (Å²) in [6.07, 6.45) is 1.65. The van der Waals surface area contributed by atoms with Gasteiger partial charge in [-0.05, 0) is 31.4 Å². The van der Waals surface area contributed by atoms with Crippen LogP contribution in [0.3, 0.4) is 0 Å². The average Bonchev–Trinajstić information content (AvgIpc) is 2.40. The molecule has 0 heterocycles. The van der Waals surface area contributed by atoms with Gasteiger partial charge in [0.2, 0.25) is 0 Å². The van der Waals surface area contributed by atoms with E-state index in [1.54, 1.807) is 24.3 Å². The Kier molecular flexibility index (Phi) is 3.89. The van der Waals surface area contributed by atoms with Gasteiger partial charge in [-0.15, -0.1) is 0 Å². The number of hydrogen-bond acceptors (Lipinski definition) is 4. The maximum absolute atomic E-state index is 11.7. The Labute approximate surface area is 116 Å². The van der Waals surface area contributed by atoms with E-state index in [0.717, 1.165) is 6.42 Å². The number of benzene rings is 1. The highest BCUT2D eigenvalue weighted by Gasteiger charge is 2.45. The lowest BCUT2D eigenvalue weighted by molar-refractivity contribution is -0.152. The van der Waals surface area contributed by atoms with Crippen LogP contribution in [0.5, 0.6) is 5.75 Å². The molecular formula is C14H14N2O4. The first kappa shape index (κ1) is 13.9. The van der Waals surface area contributed by atoms with Gasteiger partial charge in [-0.1, -0.05) is 12.1 Å². The predicted molar refractivity (Wildman–Crippen MR) is 69.0 cm³/mol. The van der Waals surface area contributed by atoms with E-state index in [9.17, 15) is 9.59 Å². The highest BCUT2D eigenvalue weighted by molar-refractivity contribution is 5.88. The molecule has 6 nitrogen and oxygen atoms in total. The van der Waals surface area contributed by atoms with Crippen molar-refractivity contribution in [2.45, 2.75) is 24.8 Å². The highest BCUT2D eigenvalue weighted by atomic mass is 16.5. The van der Waals surface area contributed by atoms with E-state index in [2.05, 4.69) is 5.32 Å². The lowest BCUT2D eigenvalue weighted by Crippen LogP contribution is -2.59. The lowest BCUT2D eigenvalue weighted by Gasteiger charge is -2.38. The molecule has 0 aromatic heterocycles. The molecule has 0 atom stereocenters. The molecule has 0 spiro atoms. The molecule has 1 aliphatic carbocycles. The van der Waals surface area contributed by atoms with Crippen molar-refractivity contribution in [3.8, 4) is 11.8 Å². The van der Waals surface area contributed by atoms with Crippen LogP contribution in [0, 0.1) is 11.3 Å². The van der Waals surface area contributed by atoms with Crippen LogP contribution in [0.1, 0.15) is 24.8 Å². The summed E-state index contributed by atoms with van der Waals surface area (Å²) in [6, 6.07) is 8.51. The summed E-state index contributed by atoms with van der Waals surface area (Å²) in [7, 11) is 0. The fraction of sp³-hybridized carbons (Fsp3) is 0.357. The molecule has 1 amide bonds. The number of ether oxygens (including phenoxy) is 1. The number of carbonyl (C=O) groups is 2. The first-order valence-corrected chi connectivity index (χ1v) is 6.24. The highest BCUT2D eigenvalue weighted by Crippen LogP contribution is 2.31. The van der Waals surface area contributed by atoms with Gasteiger partial charge in [0.1, 0.15) is 17.4 Å². The minimum atomic E-state index is -1.14. The summed E-state index contributed by atoms with van der Waals surface area (Å²) in [5.74, 6) is -1.21. The number of nitrogens with zero attached hydrogens (tertiary/aromatic N) is 1. The van der Waals surface area contributed by atoms with Crippen LogP contribution in [-0.4, -0.2) is 29.1 Å². The number of aliphatic carboxylic acids is 1. The summed E-state index contributed by atoms with van der Waals surface area (Å²) in [5.41, 5.74) is -0.813. The zero-order valence-corrected chi connectivity index (χ0v) is 10.8. The first-order valence-electron chi connectivity index (χ1n) is 6.24. The van der Waals surface area contributed by atoms with Crippen LogP contribution in [0.15, 0.2) is 24.3 Å². The summed E-state index contributed by atoms with van der Waals surface area (Å²) < 4.78 is 5.26. The molecule has 2 rings (SSSR count). The first-order chi connectivity index (χ1) is 9.57. The van der Waals surface area contributed by atoms with Gasteiger partial charge in [0.15, 0.2) is 6.61 Å². The maximum Gasteiger partial charge on any atom is 0.329 e. The number of amides is 1. The second-order valence-corrected chi connectivity index (χ2v) is 4.69. The summed E-state index contributed by atoms with van der Waals surface area (Å²) in [4.78, 5) is 22.9. The summed E-state index contributed by atoms with van der Waals surface area (Å²) in [6.45, 7) is -0.312. The Morgan fingerprint density at radius 2 is 2.10 bits per heavy atom. The molecule has 0 saturated heterocycles. The van der Waals surface area contributed by atoms with Gasteiger partial charge >= 0.3 is 5.97 Å². The number of nitrogens with one attached hydrogen (secondary N) is 1. The topological polar surface area (TPSA) is 99.4 Å². The molecule has 0 unspecified atom stereocenters. The van der Waals surface area contributed by atoms with Gasteiger partial charge in [-0.25, -0.2) is 4.79 Å². The Morgan fingerprint density at radius 3 is 2.65 bits per heavy atom. The molecule has 1 fully saturated rings. The summed E-state index contributed by atoms with van der Waals surface area (Å²) >= 11 is 0. The largest absolute Gasteiger partial charge is 0.482 e. The maximum atomic E-state index is 11.7. The minimum Gasteiger partial charge on any atom is -0.482 e. The smallest absolute Gasteiger partial charge is 0.329 e. The number of carbonyl (C=O) groups excluding carboxylic acids is 1. The standard InChI is InChI=1S/C14H14N2O4/c15-8-10-4-1-2-5-11(10)20-9-12(17)16-14(13(18)19)6-3-7-14/h1-2,4-5H,3,6-7,9H2,(H,16,17)(H,18,19). The average molecular weight is 274 g/mol. The zero-order chi connectivity index (χ0) is 14.6. The zero-order valence-electron chi connectivity index (χ0n) is 10.8. The van der Waals surface area contributed by atoms with E-state index in [1.165, 1.54) is 0 Å². The fourth-order valence-electron chi connectivity index (χ4n) is 2.05. The Hall–Kier alpha value is -2.55.